The molecule has 3 N–H and O–H groups in total. The zero-order valence-corrected chi connectivity index (χ0v) is 15.9. The maximum atomic E-state index is 12.1. The first kappa shape index (κ1) is 19.0. The Morgan fingerprint density at radius 2 is 1.70 bits per heavy atom. The molecule has 2 amide bonds. The van der Waals surface area contributed by atoms with Gasteiger partial charge in [0.25, 0.3) is 0 Å². The summed E-state index contributed by atoms with van der Waals surface area (Å²) in [5.74, 6) is -0.402. The van der Waals surface area contributed by atoms with Crippen LogP contribution in [-0.2, 0) is 9.59 Å². The van der Waals surface area contributed by atoms with Crippen LogP contribution in [0.15, 0.2) is 48.5 Å². The third-order valence-corrected chi connectivity index (χ3v) is 4.95. The number of benzene rings is 2. The monoisotopic (exact) mass is 381 g/mol. The number of nitrogens with one attached hydrogen (secondary N) is 3. The highest BCUT2D eigenvalue weighted by Crippen LogP contribution is 2.23. The van der Waals surface area contributed by atoms with Gasteiger partial charge in [-0.2, -0.15) is 0 Å². The second-order valence-corrected chi connectivity index (χ2v) is 7.08. The number of rotatable bonds is 3. The van der Waals surface area contributed by atoms with Crippen molar-refractivity contribution in [3.05, 3.63) is 54.1 Å². The molecule has 1 fully saturated rings. The van der Waals surface area contributed by atoms with Crippen LogP contribution in [0.1, 0.15) is 37.7 Å². The lowest BCUT2D eigenvalue weighted by molar-refractivity contribution is -0.126. The highest BCUT2D eigenvalue weighted by atomic mass is 32.1. The molecule has 1 saturated carbocycles. The van der Waals surface area contributed by atoms with E-state index in [4.69, 9.17) is 12.2 Å². The van der Waals surface area contributed by atoms with E-state index >= 15 is 0 Å². The van der Waals surface area contributed by atoms with Crippen molar-refractivity contribution in [2.45, 2.75) is 32.1 Å². The minimum absolute atomic E-state index is 0.0241. The molecule has 2 aromatic rings. The molecule has 0 radical (unpaired) electrons. The van der Waals surface area contributed by atoms with Crippen molar-refractivity contribution < 1.29 is 9.59 Å². The highest BCUT2D eigenvalue weighted by Gasteiger charge is 2.20. The van der Waals surface area contributed by atoms with E-state index in [1.165, 1.54) is 12.5 Å². The predicted octanol–water partition coefficient (Wildman–Crippen LogP) is 3.46. The van der Waals surface area contributed by atoms with Crippen molar-refractivity contribution in [3.8, 4) is 0 Å². The van der Waals surface area contributed by atoms with Gasteiger partial charge < -0.3 is 0 Å². The average molecular weight is 382 g/mol. The standard InChI is InChI=1S/C21H23N3O2S/c25-19(14-13-16-11-6-10-15-7-4-5-12-18(15)16)22-21(27)24-23-20(26)17-8-2-1-3-9-17/h4-7,10-14,17H,1-3,8-9H2,(H,23,26)(H2,22,24,25,27)/b14-13+. The van der Waals surface area contributed by atoms with Gasteiger partial charge in [0.1, 0.15) is 0 Å². The summed E-state index contributed by atoms with van der Waals surface area (Å²) in [6, 6.07) is 13.9. The third kappa shape index (κ3) is 5.37. The topological polar surface area (TPSA) is 70.2 Å². The molecule has 140 valence electrons. The molecule has 27 heavy (non-hydrogen) atoms. The maximum Gasteiger partial charge on any atom is 0.250 e. The number of hydrazine groups is 1. The summed E-state index contributed by atoms with van der Waals surface area (Å²) in [7, 11) is 0. The third-order valence-electron chi connectivity index (χ3n) is 4.75. The largest absolute Gasteiger partial charge is 0.298 e. The summed E-state index contributed by atoms with van der Waals surface area (Å²) in [5, 5.41) is 4.80. The Labute approximate surface area is 164 Å². The zero-order chi connectivity index (χ0) is 19.1. The fraction of sp³-hybridized carbons (Fsp3) is 0.286. The van der Waals surface area contributed by atoms with Crippen LogP contribution in [0, 0.1) is 5.92 Å². The summed E-state index contributed by atoms with van der Waals surface area (Å²) in [6.45, 7) is 0. The molecule has 0 saturated heterocycles. The van der Waals surface area contributed by atoms with Crippen molar-refractivity contribution in [1.82, 2.24) is 16.2 Å². The summed E-state index contributed by atoms with van der Waals surface area (Å²) >= 11 is 5.07. The SMILES string of the molecule is O=C(/C=C/c1cccc2ccccc12)NC(=S)NNC(=O)C1CCCCC1. The Hall–Kier alpha value is -2.73. The zero-order valence-electron chi connectivity index (χ0n) is 15.0. The molecular formula is C21H23N3O2S. The highest BCUT2D eigenvalue weighted by molar-refractivity contribution is 7.80. The maximum absolute atomic E-state index is 12.1. The van der Waals surface area contributed by atoms with Crippen LogP contribution in [0.4, 0.5) is 0 Å². The quantitative estimate of drug-likeness (QED) is 0.433. The van der Waals surface area contributed by atoms with Gasteiger partial charge in [0, 0.05) is 12.0 Å². The van der Waals surface area contributed by atoms with Crippen LogP contribution in [0.25, 0.3) is 16.8 Å². The van der Waals surface area contributed by atoms with Gasteiger partial charge in [0.15, 0.2) is 5.11 Å². The number of thiocarbonyl (C=S) groups is 1. The van der Waals surface area contributed by atoms with Crippen molar-refractivity contribution in [3.63, 3.8) is 0 Å². The molecule has 5 nitrogen and oxygen atoms in total. The van der Waals surface area contributed by atoms with E-state index in [2.05, 4.69) is 16.2 Å². The number of hydrogen-bond donors (Lipinski definition) is 3. The fourth-order valence-electron chi connectivity index (χ4n) is 3.33. The predicted molar refractivity (Wildman–Crippen MR) is 112 cm³/mol. The molecule has 3 rings (SSSR count). The van der Waals surface area contributed by atoms with E-state index in [0.29, 0.717) is 0 Å². The average Bonchev–Trinajstić information content (AvgIpc) is 2.71. The Morgan fingerprint density at radius 1 is 0.963 bits per heavy atom. The minimum Gasteiger partial charge on any atom is -0.298 e. The molecule has 0 bridgehead atoms. The van der Waals surface area contributed by atoms with Gasteiger partial charge >= 0.3 is 0 Å². The van der Waals surface area contributed by atoms with E-state index in [9.17, 15) is 9.59 Å². The van der Waals surface area contributed by atoms with Crippen LogP contribution in [0.3, 0.4) is 0 Å². The molecular weight excluding hydrogens is 358 g/mol. The number of hydrogen-bond acceptors (Lipinski definition) is 3. The van der Waals surface area contributed by atoms with Crippen molar-refractivity contribution in [2.75, 3.05) is 0 Å². The number of fused-ring (bicyclic) bond motifs is 1. The summed E-state index contributed by atoms with van der Waals surface area (Å²) in [6.07, 6.45) is 8.34. The Bertz CT molecular complexity index is 867. The normalized spacial score (nSPS) is 14.8. The molecule has 0 aliphatic heterocycles. The summed E-state index contributed by atoms with van der Waals surface area (Å²) < 4.78 is 0. The molecule has 0 spiro atoms. The second-order valence-electron chi connectivity index (χ2n) is 6.67. The first-order valence-corrected chi connectivity index (χ1v) is 9.61. The van der Waals surface area contributed by atoms with E-state index in [1.807, 2.05) is 42.5 Å². The molecule has 0 heterocycles. The van der Waals surface area contributed by atoms with Gasteiger partial charge in [0.2, 0.25) is 11.8 Å². The van der Waals surface area contributed by atoms with Crippen LogP contribution in [-0.4, -0.2) is 16.9 Å². The lowest BCUT2D eigenvalue weighted by Crippen LogP contribution is -2.50. The van der Waals surface area contributed by atoms with Gasteiger partial charge in [-0.3, -0.25) is 25.8 Å². The van der Waals surface area contributed by atoms with Gasteiger partial charge in [-0.05, 0) is 47.5 Å². The molecule has 0 unspecified atom stereocenters. The van der Waals surface area contributed by atoms with Gasteiger partial charge in [-0.25, -0.2) is 0 Å². The van der Waals surface area contributed by atoms with E-state index < -0.39 is 0 Å². The second kappa shape index (κ2) is 9.28. The van der Waals surface area contributed by atoms with Crippen LogP contribution in [0.5, 0.6) is 0 Å². The fourth-order valence-corrected chi connectivity index (χ4v) is 3.48. The van der Waals surface area contributed by atoms with Crippen LogP contribution >= 0.6 is 12.2 Å². The van der Waals surface area contributed by atoms with Crippen LogP contribution in [0.2, 0.25) is 0 Å². The van der Waals surface area contributed by atoms with Crippen molar-refractivity contribution >= 4 is 46.0 Å². The van der Waals surface area contributed by atoms with Crippen molar-refractivity contribution in [1.29, 1.82) is 0 Å². The van der Waals surface area contributed by atoms with E-state index in [-0.39, 0.29) is 22.8 Å². The molecule has 2 aromatic carbocycles. The lowest BCUT2D eigenvalue weighted by atomic mass is 9.89. The van der Waals surface area contributed by atoms with Gasteiger partial charge in [0.05, 0.1) is 0 Å². The first-order valence-electron chi connectivity index (χ1n) is 9.20. The molecule has 0 aromatic heterocycles. The van der Waals surface area contributed by atoms with Crippen LogP contribution < -0.4 is 16.2 Å². The molecule has 1 aliphatic rings. The van der Waals surface area contributed by atoms with Gasteiger partial charge in [-0.1, -0.05) is 61.7 Å². The Morgan fingerprint density at radius 3 is 2.52 bits per heavy atom. The molecule has 1 aliphatic carbocycles. The first-order chi connectivity index (χ1) is 13.1. The number of amides is 2. The lowest BCUT2D eigenvalue weighted by Gasteiger charge is -2.21. The molecule has 0 atom stereocenters. The minimum atomic E-state index is -0.354. The van der Waals surface area contributed by atoms with Crippen molar-refractivity contribution in [2.24, 2.45) is 5.92 Å². The number of carbonyl (C=O) groups excluding carboxylic acids is 2. The van der Waals surface area contributed by atoms with E-state index in [1.54, 1.807) is 6.08 Å². The summed E-state index contributed by atoms with van der Waals surface area (Å²) in [5.41, 5.74) is 6.14. The molecule has 6 heteroatoms. The van der Waals surface area contributed by atoms with E-state index in [0.717, 1.165) is 42.0 Å². The smallest absolute Gasteiger partial charge is 0.250 e. The summed E-state index contributed by atoms with van der Waals surface area (Å²) in [4.78, 5) is 24.1. The Kier molecular flexibility index (Phi) is 6.54. The Balaban J connectivity index is 1.50. The van der Waals surface area contributed by atoms with Gasteiger partial charge in [-0.15, -0.1) is 0 Å². The number of carbonyl (C=O) groups is 2.